The molecular formula is C12H15N3O. The second-order valence-corrected chi connectivity index (χ2v) is 4.30. The zero-order valence-electron chi connectivity index (χ0n) is 9.71. The number of hydrogen-bond acceptors (Lipinski definition) is 3. The molecule has 0 fully saturated rings. The van der Waals surface area contributed by atoms with Crippen LogP contribution < -0.4 is 5.01 Å². The van der Waals surface area contributed by atoms with E-state index in [0.717, 1.165) is 5.71 Å². The van der Waals surface area contributed by atoms with E-state index in [2.05, 4.69) is 10.1 Å². The van der Waals surface area contributed by atoms with Gasteiger partial charge in [-0.3, -0.25) is 4.79 Å². The lowest BCUT2D eigenvalue weighted by atomic mass is 9.92. The van der Waals surface area contributed by atoms with Crippen molar-refractivity contribution in [3.05, 3.63) is 24.4 Å². The van der Waals surface area contributed by atoms with Gasteiger partial charge < -0.3 is 0 Å². The van der Waals surface area contributed by atoms with Crippen LogP contribution in [0.5, 0.6) is 0 Å². The highest BCUT2D eigenvalue weighted by molar-refractivity contribution is 6.14. The Labute approximate surface area is 95.0 Å². The summed E-state index contributed by atoms with van der Waals surface area (Å²) in [6, 6.07) is 5.46. The molecule has 0 N–H and O–H groups in total. The second kappa shape index (κ2) is 4.04. The average molecular weight is 217 g/mol. The Morgan fingerprint density at radius 2 is 2.12 bits per heavy atom. The molecule has 0 saturated carbocycles. The van der Waals surface area contributed by atoms with Gasteiger partial charge in [-0.25, -0.2) is 4.98 Å². The van der Waals surface area contributed by atoms with Crippen LogP contribution in [0.25, 0.3) is 0 Å². The summed E-state index contributed by atoms with van der Waals surface area (Å²) in [4.78, 5) is 16.3. The SMILES string of the molecule is CC1=NN(c2ccccn2)C(=O)C1C(C)C. The van der Waals surface area contributed by atoms with Crippen molar-refractivity contribution in [3.63, 3.8) is 0 Å². The predicted molar refractivity (Wildman–Crippen MR) is 63.2 cm³/mol. The summed E-state index contributed by atoms with van der Waals surface area (Å²) in [5.41, 5.74) is 0.866. The van der Waals surface area contributed by atoms with E-state index < -0.39 is 0 Å². The molecule has 0 spiro atoms. The number of carbonyl (C=O) groups excluding carboxylic acids is 1. The minimum absolute atomic E-state index is 0.0196. The lowest BCUT2D eigenvalue weighted by Gasteiger charge is -2.15. The zero-order valence-corrected chi connectivity index (χ0v) is 9.71. The molecule has 1 aliphatic rings. The molecule has 1 unspecified atom stereocenters. The van der Waals surface area contributed by atoms with E-state index in [0.29, 0.717) is 5.82 Å². The molecule has 2 heterocycles. The van der Waals surface area contributed by atoms with E-state index in [9.17, 15) is 4.79 Å². The second-order valence-electron chi connectivity index (χ2n) is 4.30. The maximum absolute atomic E-state index is 12.1. The fourth-order valence-electron chi connectivity index (χ4n) is 1.99. The third kappa shape index (κ3) is 1.71. The van der Waals surface area contributed by atoms with Gasteiger partial charge in [0.15, 0.2) is 5.82 Å². The summed E-state index contributed by atoms with van der Waals surface area (Å²) >= 11 is 0. The summed E-state index contributed by atoms with van der Waals surface area (Å²) in [5, 5.41) is 5.68. The molecule has 1 amide bonds. The number of pyridine rings is 1. The summed E-state index contributed by atoms with van der Waals surface area (Å²) in [5.74, 6) is 0.771. The maximum Gasteiger partial charge on any atom is 0.257 e. The Kier molecular flexibility index (Phi) is 2.73. The molecule has 0 saturated heterocycles. The van der Waals surface area contributed by atoms with Crippen molar-refractivity contribution in [2.24, 2.45) is 16.9 Å². The quantitative estimate of drug-likeness (QED) is 0.761. The number of carbonyl (C=O) groups is 1. The van der Waals surface area contributed by atoms with Crippen LogP contribution in [0.1, 0.15) is 20.8 Å². The molecule has 1 aromatic rings. The number of amides is 1. The zero-order chi connectivity index (χ0) is 11.7. The van der Waals surface area contributed by atoms with E-state index in [1.165, 1.54) is 5.01 Å². The first-order chi connectivity index (χ1) is 7.61. The highest BCUT2D eigenvalue weighted by Crippen LogP contribution is 2.26. The number of aromatic nitrogens is 1. The van der Waals surface area contributed by atoms with Gasteiger partial charge in [0.2, 0.25) is 0 Å². The van der Waals surface area contributed by atoms with E-state index in [1.807, 2.05) is 32.9 Å². The van der Waals surface area contributed by atoms with Gasteiger partial charge in [0.25, 0.3) is 5.91 Å². The third-order valence-corrected chi connectivity index (χ3v) is 2.72. The van der Waals surface area contributed by atoms with Gasteiger partial charge in [0.1, 0.15) is 0 Å². The van der Waals surface area contributed by atoms with Crippen LogP contribution in [-0.4, -0.2) is 16.6 Å². The molecule has 1 aromatic heterocycles. The van der Waals surface area contributed by atoms with Crippen molar-refractivity contribution in [1.82, 2.24) is 4.98 Å². The predicted octanol–water partition coefficient (Wildman–Crippen LogP) is 2.08. The number of hydrogen-bond donors (Lipinski definition) is 0. The normalized spacial score (nSPS) is 20.5. The smallest absolute Gasteiger partial charge is 0.257 e. The van der Waals surface area contributed by atoms with Crippen LogP contribution in [0.4, 0.5) is 5.82 Å². The van der Waals surface area contributed by atoms with E-state index >= 15 is 0 Å². The van der Waals surface area contributed by atoms with Gasteiger partial charge in [-0.05, 0) is 25.0 Å². The molecule has 1 aliphatic heterocycles. The van der Waals surface area contributed by atoms with Crippen molar-refractivity contribution < 1.29 is 4.79 Å². The molecule has 4 heteroatoms. The number of nitrogens with zero attached hydrogens (tertiary/aromatic N) is 3. The van der Waals surface area contributed by atoms with Gasteiger partial charge in [-0.15, -0.1) is 0 Å². The Morgan fingerprint density at radius 3 is 2.62 bits per heavy atom. The molecule has 16 heavy (non-hydrogen) atoms. The van der Waals surface area contributed by atoms with Crippen LogP contribution in [0.15, 0.2) is 29.5 Å². The van der Waals surface area contributed by atoms with Crippen molar-refractivity contribution in [1.29, 1.82) is 0 Å². The van der Waals surface area contributed by atoms with Crippen LogP contribution in [0.3, 0.4) is 0 Å². The molecule has 0 aliphatic carbocycles. The largest absolute Gasteiger partial charge is 0.272 e. The van der Waals surface area contributed by atoms with Crippen LogP contribution in [0.2, 0.25) is 0 Å². The van der Waals surface area contributed by atoms with Crippen molar-refractivity contribution in [2.75, 3.05) is 5.01 Å². The minimum Gasteiger partial charge on any atom is -0.272 e. The molecule has 0 aromatic carbocycles. The van der Waals surface area contributed by atoms with E-state index in [4.69, 9.17) is 0 Å². The first-order valence-electron chi connectivity index (χ1n) is 5.41. The average Bonchev–Trinajstić information content (AvgIpc) is 2.55. The molecule has 0 bridgehead atoms. The summed E-state index contributed by atoms with van der Waals surface area (Å²) < 4.78 is 0. The molecule has 84 valence electrons. The Morgan fingerprint density at radius 1 is 1.38 bits per heavy atom. The highest BCUT2D eigenvalue weighted by Gasteiger charge is 2.36. The molecule has 0 radical (unpaired) electrons. The Balaban J connectivity index is 2.31. The third-order valence-electron chi connectivity index (χ3n) is 2.72. The summed E-state index contributed by atoms with van der Waals surface area (Å²) in [6.07, 6.45) is 1.66. The van der Waals surface area contributed by atoms with Gasteiger partial charge >= 0.3 is 0 Å². The van der Waals surface area contributed by atoms with Gasteiger partial charge in [0.05, 0.1) is 5.92 Å². The maximum atomic E-state index is 12.1. The number of anilines is 1. The lowest BCUT2D eigenvalue weighted by Crippen LogP contribution is -2.30. The van der Waals surface area contributed by atoms with Crippen molar-refractivity contribution >= 4 is 17.4 Å². The van der Waals surface area contributed by atoms with E-state index in [-0.39, 0.29) is 17.7 Å². The number of rotatable bonds is 2. The summed E-state index contributed by atoms with van der Waals surface area (Å²) in [6.45, 7) is 5.96. The fraction of sp³-hybridized carbons (Fsp3) is 0.417. The Hall–Kier alpha value is -1.71. The van der Waals surface area contributed by atoms with Crippen LogP contribution in [0, 0.1) is 11.8 Å². The van der Waals surface area contributed by atoms with Crippen molar-refractivity contribution in [2.45, 2.75) is 20.8 Å². The molecular weight excluding hydrogens is 202 g/mol. The Bertz CT molecular complexity index is 425. The first-order valence-corrected chi connectivity index (χ1v) is 5.41. The monoisotopic (exact) mass is 217 g/mol. The molecule has 4 nitrogen and oxygen atoms in total. The minimum atomic E-state index is -0.109. The lowest BCUT2D eigenvalue weighted by molar-refractivity contribution is -0.120. The van der Waals surface area contributed by atoms with Crippen molar-refractivity contribution in [3.8, 4) is 0 Å². The van der Waals surface area contributed by atoms with Gasteiger partial charge in [-0.2, -0.15) is 10.1 Å². The number of hydrazone groups is 1. The summed E-state index contributed by atoms with van der Waals surface area (Å²) in [7, 11) is 0. The molecule has 1 atom stereocenters. The standard InChI is InChI=1S/C12H15N3O/c1-8(2)11-9(3)14-15(12(11)16)10-6-4-5-7-13-10/h4-8,11H,1-3H3. The topological polar surface area (TPSA) is 45.6 Å². The highest BCUT2D eigenvalue weighted by atomic mass is 16.2. The van der Waals surface area contributed by atoms with Gasteiger partial charge in [0, 0.05) is 11.9 Å². The van der Waals surface area contributed by atoms with Crippen LogP contribution >= 0.6 is 0 Å². The van der Waals surface area contributed by atoms with E-state index in [1.54, 1.807) is 12.3 Å². The van der Waals surface area contributed by atoms with Gasteiger partial charge in [-0.1, -0.05) is 19.9 Å². The van der Waals surface area contributed by atoms with Crippen LogP contribution in [-0.2, 0) is 4.79 Å². The fourth-order valence-corrected chi connectivity index (χ4v) is 1.99. The first kappa shape index (κ1) is 10.8. The molecule has 2 rings (SSSR count).